The monoisotopic (exact) mass is 331 g/mol. The Morgan fingerprint density at radius 1 is 1.21 bits per heavy atom. The van der Waals surface area contributed by atoms with Gasteiger partial charge in [-0.2, -0.15) is 0 Å². The van der Waals surface area contributed by atoms with Crippen molar-refractivity contribution in [3.05, 3.63) is 45.7 Å². The van der Waals surface area contributed by atoms with Gasteiger partial charge in [-0.1, -0.05) is 19.9 Å². The lowest BCUT2D eigenvalue weighted by molar-refractivity contribution is 0.196. The molecule has 0 unspecified atom stereocenters. The second-order valence-corrected chi connectivity index (χ2v) is 6.05. The molecule has 130 valence electrons. The third kappa shape index (κ3) is 4.83. The van der Waals surface area contributed by atoms with Gasteiger partial charge in [0.25, 0.3) is 5.56 Å². The molecule has 1 aromatic heterocycles. The molecule has 2 amide bonds. The summed E-state index contributed by atoms with van der Waals surface area (Å²) in [4.78, 5) is 26.6. The van der Waals surface area contributed by atoms with E-state index in [0.717, 1.165) is 10.9 Å². The van der Waals surface area contributed by atoms with Crippen LogP contribution in [0.3, 0.4) is 0 Å². The molecule has 6 nitrogen and oxygen atoms in total. The molecule has 0 radical (unpaired) electrons. The zero-order valence-electron chi connectivity index (χ0n) is 14.4. The van der Waals surface area contributed by atoms with Crippen molar-refractivity contribution in [3.63, 3.8) is 0 Å². The van der Waals surface area contributed by atoms with Gasteiger partial charge in [-0.05, 0) is 41.5 Å². The van der Waals surface area contributed by atoms with Crippen LogP contribution in [0.5, 0.6) is 0 Å². The third-order valence-electron chi connectivity index (χ3n) is 3.88. The second kappa shape index (κ2) is 8.49. The van der Waals surface area contributed by atoms with Crippen LogP contribution < -0.4 is 16.2 Å². The Hall–Kier alpha value is -2.34. The molecule has 0 saturated carbocycles. The molecule has 0 spiro atoms. The van der Waals surface area contributed by atoms with Crippen molar-refractivity contribution in [1.29, 1.82) is 0 Å². The highest BCUT2D eigenvalue weighted by molar-refractivity contribution is 5.80. The summed E-state index contributed by atoms with van der Waals surface area (Å²) in [6.07, 6.45) is 0.481. The van der Waals surface area contributed by atoms with E-state index in [1.165, 1.54) is 5.56 Å². The fourth-order valence-electron chi connectivity index (χ4n) is 2.45. The zero-order valence-corrected chi connectivity index (χ0v) is 14.4. The third-order valence-corrected chi connectivity index (χ3v) is 3.88. The number of benzene rings is 1. The van der Waals surface area contributed by atoms with E-state index >= 15 is 0 Å². The number of aromatic amines is 1. The lowest BCUT2D eigenvalue weighted by Crippen LogP contribution is -2.38. The fourth-order valence-corrected chi connectivity index (χ4v) is 2.45. The lowest BCUT2D eigenvalue weighted by atomic mass is 10.0. The van der Waals surface area contributed by atoms with Crippen molar-refractivity contribution >= 4 is 16.9 Å². The maximum atomic E-state index is 12.1. The minimum absolute atomic E-state index is 0.110. The predicted molar refractivity (Wildman–Crippen MR) is 95.6 cm³/mol. The summed E-state index contributed by atoms with van der Waals surface area (Å²) >= 11 is 0. The average Bonchev–Trinajstić information content (AvgIpc) is 2.55. The molecular formula is C18H25N3O3. The van der Waals surface area contributed by atoms with Crippen LogP contribution >= 0.6 is 0 Å². The van der Waals surface area contributed by atoms with Crippen molar-refractivity contribution in [2.24, 2.45) is 0 Å². The number of rotatable bonds is 7. The fraction of sp³-hybridized carbons (Fsp3) is 0.444. The van der Waals surface area contributed by atoms with Gasteiger partial charge >= 0.3 is 6.03 Å². The summed E-state index contributed by atoms with van der Waals surface area (Å²) in [5, 5.41) is 6.42. The number of urea groups is 1. The SMILES string of the molecule is COCCNC(=O)NCCc1cc2cc(C(C)C)ccc2[nH]c1=O. The molecule has 0 bridgehead atoms. The van der Waals surface area contributed by atoms with E-state index in [9.17, 15) is 9.59 Å². The number of aromatic nitrogens is 1. The maximum Gasteiger partial charge on any atom is 0.314 e. The number of H-pyrrole nitrogens is 1. The minimum atomic E-state index is -0.258. The van der Waals surface area contributed by atoms with E-state index in [1.54, 1.807) is 7.11 Å². The van der Waals surface area contributed by atoms with Crippen LogP contribution in [0.15, 0.2) is 29.1 Å². The van der Waals surface area contributed by atoms with Gasteiger partial charge in [-0.3, -0.25) is 4.79 Å². The normalized spacial score (nSPS) is 11.0. The van der Waals surface area contributed by atoms with E-state index < -0.39 is 0 Å². The van der Waals surface area contributed by atoms with Gasteiger partial charge in [0, 0.05) is 31.3 Å². The highest BCUT2D eigenvalue weighted by Crippen LogP contribution is 2.19. The molecule has 2 aromatic rings. The number of pyridine rings is 1. The van der Waals surface area contributed by atoms with E-state index in [1.807, 2.05) is 18.2 Å². The van der Waals surface area contributed by atoms with Crippen LogP contribution in [-0.2, 0) is 11.2 Å². The molecule has 3 N–H and O–H groups in total. The van der Waals surface area contributed by atoms with Crippen LogP contribution in [0.4, 0.5) is 4.79 Å². The predicted octanol–water partition coefficient (Wildman–Crippen LogP) is 2.14. The van der Waals surface area contributed by atoms with Gasteiger partial charge in [0.1, 0.15) is 0 Å². The first-order valence-electron chi connectivity index (χ1n) is 8.17. The van der Waals surface area contributed by atoms with Crippen molar-refractivity contribution in [3.8, 4) is 0 Å². The quantitative estimate of drug-likeness (QED) is 0.680. The standard InChI is InChI=1S/C18H25N3O3/c1-12(2)13-4-5-16-15(10-13)11-14(17(22)21-16)6-7-19-18(23)20-8-9-24-3/h4-5,10-12H,6-9H2,1-3H3,(H,21,22)(H2,19,20,23). The first-order chi connectivity index (χ1) is 11.5. The summed E-state index contributed by atoms with van der Waals surface area (Å²) < 4.78 is 4.86. The molecule has 0 fully saturated rings. The Bertz CT molecular complexity index is 753. The summed E-state index contributed by atoms with van der Waals surface area (Å²) in [6.45, 7) is 5.60. The topological polar surface area (TPSA) is 83.2 Å². The van der Waals surface area contributed by atoms with Crippen molar-refractivity contribution in [1.82, 2.24) is 15.6 Å². The molecule has 0 saturated heterocycles. The number of hydrogen-bond donors (Lipinski definition) is 3. The van der Waals surface area contributed by atoms with Crippen LogP contribution in [-0.4, -0.2) is 37.8 Å². The van der Waals surface area contributed by atoms with Crippen LogP contribution in [0.25, 0.3) is 10.9 Å². The van der Waals surface area contributed by atoms with Gasteiger partial charge < -0.3 is 20.4 Å². The van der Waals surface area contributed by atoms with Gasteiger partial charge in [0.05, 0.1) is 6.61 Å². The number of fused-ring (bicyclic) bond motifs is 1. The van der Waals surface area contributed by atoms with Crippen LogP contribution in [0.2, 0.25) is 0 Å². The summed E-state index contributed by atoms with van der Waals surface area (Å²) in [5.41, 5.74) is 2.62. The van der Waals surface area contributed by atoms with Gasteiger partial charge in [-0.25, -0.2) is 4.79 Å². The maximum absolute atomic E-state index is 12.1. The van der Waals surface area contributed by atoms with E-state index in [2.05, 4.69) is 35.5 Å². The van der Waals surface area contributed by atoms with Crippen molar-refractivity contribution < 1.29 is 9.53 Å². The number of nitrogens with one attached hydrogen (secondary N) is 3. The van der Waals surface area contributed by atoms with E-state index in [0.29, 0.717) is 37.6 Å². The Labute approximate surface area is 141 Å². The molecular weight excluding hydrogens is 306 g/mol. The first kappa shape index (κ1) is 18.0. The van der Waals surface area contributed by atoms with E-state index in [-0.39, 0.29) is 11.6 Å². The van der Waals surface area contributed by atoms with Crippen molar-refractivity contribution in [2.75, 3.05) is 26.8 Å². The number of amides is 2. The minimum Gasteiger partial charge on any atom is -0.383 e. The lowest BCUT2D eigenvalue weighted by Gasteiger charge is -2.09. The van der Waals surface area contributed by atoms with Crippen LogP contribution in [0.1, 0.15) is 30.9 Å². The number of methoxy groups -OCH3 is 1. The highest BCUT2D eigenvalue weighted by Gasteiger charge is 2.06. The first-order valence-corrected chi connectivity index (χ1v) is 8.17. The van der Waals surface area contributed by atoms with E-state index in [4.69, 9.17) is 4.74 Å². The van der Waals surface area contributed by atoms with Gasteiger partial charge in [0.15, 0.2) is 0 Å². The van der Waals surface area contributed by atoms with Crippen LogP contribution in [0, 0.1) is 0 Å². The largest absolute Gasteiger partial charge is 0.383 e. The number of ether oxygens (including phenoxy) is 1. The summed E-state index contributed by atoms with van der Waals surface area (Å²) in [5.74, 6) is 0.433. The molecule has 24 heavy (non-hydrogen) atoms. The number of carbonyl (C=O) groups is 1. The smallest absolute Gasteiger partial charge is 0.314 e. The Morgan fingerprint density at radius 3 is 2.67 bits per heavy atom. The molecule has 2 rings (SSSR count). The Morgan fingerprint density at radius 2 is 1.96 bits per heavy atom. The molecule has 6 heteroatoms. The molecule has 0 aliphatic rings. The summed E-state index contributed by atoms with van der Waals surface area (Å²) in [7, 11) is 1.58. The van der Waals surface area contributed by atoms with Gasteiger partial charge in [0.2, 0.25) is 0 Å². The molecule has 1 heterocycles. The Kier molecular flexibility index (Phi) is 6.37. The molecule has 0 aliphatic carbocycles. The summed E-state index contributed by atoms with van der Waals surface area (Å²) in [6, 6.07) is 7.73. The van der Waals surface area contributed by atoms with Gasteiger partial charge in [-0.15, -0.1) is 0 Å². The molecule has 0 aliphatic heterocycles. The second-order valence-electron chi connectivity index (χ2n) is 6.05. The molecule has 0 atom stereocenters. The highest BCUT2D eigenvalue weighted by atomic mass is 16.5. The average molecular weight is 331 g/mol. The zero-order chi connectivity index (χ0) is 17.5. The number of carbonyl (C=O) groups excluding carboxylic acids is 1. The number of hydrogen-bond acceptors (Lipinski definition) is 3. The Balaban J connectivity index is 2.02. The molecule has 1 aromatic carbocycles. The van der Waals surface area contributed by atoms with Crippen molar-refractivity contribution in [2.45, 2.75) is 26.2 Å².